The number of aromatic amines is 2. The zero-order valence-electron chi connectivity index (χ0n) is 29.2. The lowest BCUT2D eigenvalue weighted by atomic mass is 9.93. The minimum Gasteiger partial charge on any atom is -0.465 e. The number of methoxy groups -OCH3 is 2. The number of esters is 2. The molecule has 0 fully saturated rings. The number of aryl methyl sites for hydroxylation is 4. The van der Waals surface area contributed by atoms with Gasteiger partial charge in [0, 0.05) is 33.2 Å². The van der Waals surface area contributed by atoms with Crippen LogP contribution in [0.3, 0.4) is 0 Å². The number of carbonyl (C=O) groups excluding carboxylic acids is 2. The average molecular weight is 645 g/mol. The number of hydrogen-bond donors (Lipinski definition) is 2. The molecule has 5 heterocycles. The highest BCUT2D eigenvalue weighted by Crippen LogP contribution is 2.42. The molecule has 0 unspecified atom stereocenters. The Bertz CT molecular complexity index is 2170. The molecule has 0 atom stereocenters. The zero-order valence-corrected chi connectivity index (χ0v) is 29.2. The van der Waals surface area contributed by atoms with E-state index in [9.17, 15) is 9.59 Å². The maximum absolute atomic E-state index is 13.4. The Balaban J connectivity index is 1.86. The van der Waals surface area contributed by atoms with Gasteiger partial charge in [-0.2, -0.15) is 0 Å². The molecular weight excluding hydrogens is 600 g/mol. The molecule has 0 spiro atoms. The number of aromatic nitrogens is 4. The lowest BCUT2D eigenvalue weighted by molar-refractivity contribution is 0.0556. The van der Waals surface area contributed by atoms with Crippen LogP contribution in [-0.2, 0) is 35.2 Å². The van der Waals surface area contributed by atoms with Gasteiger partial charge in [-0.25, -0.2) is 19.6 Å². The lowest BCUT2D eigenvalue weighted by Crippen LogP contribution is -2.13. The quantitative estimate of drug-likeness (QED) is 0.163. The third-order valence-corrected chi connectivity index (χ3v) is 9.81. The van der Waals surface area contributed by atoms with Crippen LogP contribution >= 0.6 is 0 Å². The topological polar surface area (TPSA) is 110 Å². The fourth-order valence-electron chi connectivity index (χ4n) is 7.64. The summed E-state index contributed by atoms with van der Waals surface area (Å²) in [4.78, 5) is 44.3. The number of nitrogens with one attached hydrogen (secondary N) is 2. The summed E-state index contributed by atoms with van der Waals surface area (Å²) < 4.78 is 10.3. The minimum absolute atomic E-state index is 0.137. The summed E-state index contributed by atoms with van der Waals surface area (Å²) in [6, 6.07) is 11.9. The Morgan fingerprint density at radius 3 is 1.40 bits per heavy atom. The summed E-state index contributed by atoms with van der Waals surface area (Å²) in [7, 11) is 2.63. The van der Waals surface area contributed by atoms with Crippen molar-refractivity contribution in [2.45, 2.75) is 80.1 Å². The summed E-state index contributed by atoms with van der Waals surface area (Å²) >= 11 is 0. The Kier molecular flexibility index (Phi) is 9.10. The summed E-state index contributed by atoms with van der Waals surface area (Å²) in [6.45, 7) is 13.1. The largest absolute Gasteiger partial charge is 0.465 e. The number of hydrogen-bond acceptors (Lipinski definition) is 6. The van der Waals surface area contributed by atoms with Crippen LogP contribution in [0, 0.1) is 0 Å². The average Bonchev–Trinajstić information content (AvgIpc) is 3.82. The maximum Gasteiger partial charge on any atom is 0.339 e. The Labute approximate surface area is 281 Å². The Morgan fingerprint density at radius 2 is 0.979 bits per heavy atom. The molecule has 2 N–H and O–H groups in total. The monoisotopic (exact) mass is 644 g/mol. The van der Waals surface area contributed by atoms with Gasteiger partial charge >= 0.3 is 11.9 Å². The van der Waals surface area contributed by atoms with Gasteiger partial charge in [0.25, 0.3) is 0 Å². The Morgan fingerprint density at radius 1 is 0.562 bits per heavy atom. The third kappa shape index (κ3) is 5.24. The van der Waals surface area contributed by atoms with Gasteiger partial charge in [-0.1, -0.05) is 47.6 Å². The molecule has 0 amide bonds. The van der Waals surface area contributed by atoms with Gasteiger partial charge in [0.05, 0.1) is 48.1 Å². The number of fused-ring (bicyclic) bond motifs is 11. The van der Waals surface area contributed by atoms with Crippen molar-refractivity contribution in [3.05, 3.63) is 81.2 Å². The van der Waals surface area contributed by atoms with E-state index in [-0.39, 0.29) is 11.1 Å². The molecule has 2 aliphatic rings. The first-order valence-corrected chi connectivity index (χ1v) is 17.1. The van der Waals surface area contributed by atoms with E-state index in [4.69, 9.17) is 19.4 Å². The van der Waals surface area contributed by atoms with Crippen molar-refractivity contribution in [2.75, 3.05) is 14.2 Å². The highest BCUT2D eigenvalue weighted by atomic mass is 16.5. The number of allylic oxidation sites excluding steroid dienone is 2. The van der Waals surface area contributed by atoms with E-state index >= 15 is 0 Å². The van der Waals surface area contributed by atoms with Crippen LogP contribution in [-0.4, -0.2) is 46.1 Å². The van der Waals surface area contributed by atoms with Crippen molar-refractivity contribution < 1.29 is 19.1 Å². The van der Waals surface area contributed by atoms with E-state index in [1.807, 2.05) is 12.1 Å². The predicted octanol–water partition coefficient (Wildman–Crippen LogP) is 9.20. The molecule has 4 aromatic rings. The van der Waals surface area contributed by atoms with E-state index in [0.717, 1.165) is 77.5 Å². The number of ether oxygens (including phenoxy) is 2. The van der Waals surface area contributed by atoms with Crippen molar-refractivity contribution in [2.24, 2.45) is 0 Å². The van der Waals surface area contributed by atoms with E-state index in [0.29, 0.717) is 17.0 Å². The van der Waals surface area contributed by atoms with Gasteiger partial charge in [-0.3, -0.25) is 0 Å². The Hall–Kier alpha value is -4.98. The van der Waals surface area contributed by atoms with Crippen LogP contribution in [0.4, 0.5) is 0 Å². The number of rotatable bonds is 8. The molecule has 248 valence electrons. The van der Waals surface area contributed by atoms with Gasteiger partial charge in [-0.05, 0) is 102 Å². The van der Waals surface area contributed by atoms with Crippen LogP contribution in [0.2, 0.25) is 0 Å². The second kappa shape index (κ2) is 13.3. The molecule has 0 saturated heterocycles. The van der Waals surface area contributed by atoms with E-state index in [1.54, 1.807) is 6.07 Å². The molecule has 0 aliphatic carbocycles. The molecule has 1 aromatic carbocycles. The van der Waals surface area contributed by atoms with Gasteiger partial charge in [0.15, 0.2) is 0 Å². The van der Waals surface area contributed by atoms with E-state index < -0.39 is 11.9 Å². The molecule has 6 rings (SSSR count). The maximum atomic E-state index is 13.4. The van der Waals surface area contributed by atoms with E-state index in [1.165, 1.54) is 47.6 Å². The molecule has 0 saturated carbocycles. The molecule has 2 aliphatic heterocycles. The molecule has 8 heteroatoms. The first-order valence-electron chi connectivity index (χ1n) is 17.1. The van der Waals surface area contributed by atoms with Crippen molar-refractivity contribution in [3.63, 3.8) is 0 Å². The van der Waals surface area contributed by atoms with Crippen molar-refractivity contribution >= 4 is 45.2 Å². The van der Waals surface area contributed by atoms with Gasteiger partial charge in [0.2, 0.25) is 0 Å². The summed E-state index contributed by atoms with van der Waals surface area (Å²) in [5.74, 6) is -1.24. The van der Waals surface area contributed by atoms with Crippen LogP contribution in [0.1, 0.15) is 109 Å². The SMILES string of the molecule is CCC1=C(CC)c2cc3[nH]c(cc4nc(cc5[nH]c(cc1n2)c(CC)c5CC)-c1ccc(C(=O)OC)c(C(=O)OC)c1-4)c(CC)c3CC. The molecule has 8 nitrogen and oxygen atoms in total. The molecule has 8 bridgehead atoms. The third-order valence-electron chi connectivity index (χ3n) is 9.81. The number of nitrogens with zero attached hydrogens (tertiary/aromatic N) is 2. The second-order valence-corrected chi connectivity index (χ2v) is 12.1. The van der Waals surface area contributed by atoms with E-state index in [2.05, 4.69) is 69.7 Å². The fourth-order valence-corrected chi connectivity index (χ4v) is 7.64. The molecule has 0 radical (unpaired) electrons. The normalized spacial score (nSPS) is 12.3. The van der Waals surface area contributed by atoms with Crippen LogP contribution in [0.5, 0.6) is 0 Å². The van der Waals surface area contributed by atoms with Gasteiger partial charge in [-0.15, -0.1) is 0 Å². The summed E-state index contributed by atoms with van der Waals surface area (Å²) in [5, 5.41) is 0. The highest BCUT2D eigenvalue weighted by Gasteiger charge is 2.30. The van der Waals surface area contributed by atoms with Crippen LogP contribution in [0.25, 0.3) is 55.7 Å². The summed E-state index contributed by atoms with van der Waals surface area (Å²) in [6.07, 6.45) is 5.09. The van der Waals surface area contributed by atoms with Crippen molar-refractivity contribution in [3.8, 4) is 22.5 Å². The number of carbonyl (C=O) groups is 2. The first-order chi connectivity index (χ1) is 23.3. The first kappa shape index (κ1) is 32.9. The standard InChI is InChI=1S/C40H44N4O4/c1-9-21-22(10-2)30-18-32-25(13-5)26(14-6)34(43-32)20-36-37-27(15-16-28(39(45)47-7)38(37)40(46)48-8)35(44-36)19-33-24(12-4)23(11-3)31(42-33)17-29(21)41-30/h15-20,42-43H,9-14H2,1-8H3. The van der Waals surface area contributed by atoms with Crippen LogP contribution in [0.15, 0.2) is 36.4 Å². The lowest BCUT2D eigenvalue weighted by Gasteiger charge is -2.11. The fraction of sp³-hybridized carbons (Fsp3) is 0.350. The minimum atomic E-state index is -0.623. The highest BCUT2D eigenvalue weighted by molar-refractivity contribution is 6.11. The smallest absolute Gasteiger partial charge is 0.339 e. The number of H-pyrrole nitrogens is 2. The van der Waals surface area contributed by atoms with Gasteiger partial charge in [0.1, 0.15) is 0 Å². The molecule has 48 heavy (non-hydrogen) atoms. The van der Waals surface area contributed by atoms with Gasteiger partial charge < -0.3 is 19.4 Å². The van der Waals surface area contributed by atoms with Crippen LogP contribution < -0.4 is 0 Å². The summed E-state index contributed by atoms with van der Waals surface area (Å²) in [5.41, 5.74) is 16.2. The second-order valence-electron chi connectivity index (χ2n) is 12.1. The zero-order chi connectivity index (χ0) is 34.3. The van der Waals surface area contributed by atoms with Crippen molar-refractivity contribution in [1.29, 1.82) is 0 Å². The number of benzene rings is 1. The predicted molar refractivity (Wildman–Crippen MR) is 193 cm³/mol. The van der Waals surface area contributed by atoms with Crippen molar-refractivity contribution in [1.82, 2.24) is 19.9 Å². The molecule has 3 aromatic heterocycles. The molecular formula is C40H44N4O4.